The average molecular weight is 471 g/mol. The van der Waals surface area contributed by atoms with Crippen molar-refractivity contribution >= 4 is 23.2 Å². The largest absolute Gasteiger partial charge is 0.417 e. The van der Waals surface area contributed by atoms with Crippen LogP contribution in [0.2, 0.25) is 0 Å². The van der Waals surface area contributed by atoms with Crippen molar-refractivity contribution in [1.29, 1.82) is 0 Å². The van der Waals surface area contributed by atoms with Gasteiger partial charge in [-0.25, -0.2) is 4.79 Å². The summed E-state index contributed by atoms with van der Waals surface area (Å²) < 4.78 is 5.69. The third-order valence-corrected chi connectivity index (χ3v) is 7.54. The fourth-order valence-electron chi connectivity index (χ4n) is 5.70. The highest BCUT2D eigenvalue weighted by molar-refractivity contribution is 5.86. The van der Waals surface area contributed by atoms with Gasteiger partial charge in [0, 0.05) is 56.7 Å². The summed E-state index contributed by atoms with van der Waals surface area (Å²) in [6.07, 6.45) is 1.95. The first-order valence-electron chi connectivity index (χ1n) is 12.3. The van der Waals surface area contributed by atoms with Crippen molar-refractivity contribution in [2.24, 2.45) is 0 Å². The number of carbonyl (C=O) groups excluding carboxylic acids is 1. The zero-order chi connectivity index (χ0) is 24.6. The predicted molar refractivity (Wildman–Crippen MR) is 143 cm³/mol. The Hall–Kier alpha value is -3.51. The molecule has 1 saturated heterocycles. The quantitative estimate of drug-likeness (QED) is 0.527. The van der Waals surface area contributed by atoms with E-state index in [0.717, 1.165) is 31.6 Å². The minimum atomic E-state index is -0.480. The van der Waals surface area contributed by atoms with E-state index in [1.54, 1.807) is 0 Å². The van der Waals surface area contributed by atoms with Gasteiger partial charge < -0.3 is 14.5 Å². The zero-order valence-corrected chi connectivity index (χ0v) is 21.0. The number of anilines is 3. The van der Waals surface area contributed by atoms with Crippen LogP contribution >= 0.6 is 0 Å². The summed E-state index contributed by atoms with van der Waals surface area (Å²) in [4.78, 5) is 19.6. The molecule has 2 atom stereocenters. The lowest BCUT2D eigenvalue weighted by atomic mass is 9.81. The number of nitrogens with one attached hydrogen (secondary N) is 1. The summed E-state index contributed by atoms with van der Waals surface area (Å²) in [5.41, 5.74) is 5.62. The molecule has 6 nitrogen and oxygen atoms in total. The fraction of sp³-hybridized carbons (Fsp3) is 0.345. The first kappa shape index (κ1) is 23.2. The Balaban J connectivity index is 1.27. The van der Waals surface area contributed by atoms with Gasteiger partial charge in [0.15, 0.2) is 0 Å². The van der Waals surface area contributed by atoms with Crippen molar-refractivity contribution in [2.75, 3.05) is 49.3 Å². The summed E-state index contributed by atoms with van der Waals surface area (Å²) in [6.45, 7) is 4.44. The second-order valence-electron chi connectivity index (χ2n) is 10.1. The molecule has 0 spiro atoms. The van der Waals surface area contributed by atoms with Crippen molar-refractivity contribution in [3.8, 4) is 5.75 Å². The lowest BCUT2D eigenvalue weighted by molar-refractivity contribution is 0.215. The van der Waals surface area contributed by atoms with Crippen molar-refractivity contribution < 1.29 is 9.53 Å². The van der Waals surface area contributed by atoms with E-state index in [2.05, 4.69) is 71.6 Å². The average Bonchev–Trinajstić information content (AvgIpc) is 3.30. The van der Waals surface area contributed by atoms with Crippen molar-refractivity contribution in [1.82, 2.24) is 4.90 Å². The maximum Gasteiger partial charge on any atom is 0.417 e. The van der Waals surface area contributed by atoms with Crippen LogP contribution < -0.4 is 19.9 Å². The molecular formula is C29H34N4O2. The van der Waals surface area contributed by atoms with E-state index in [9.17, 15) is 4.79 Å². The number of fused-ring (bicyclic) bond motifs is 3. The predicted octanol–water partition coefficient (Wildman–Crippen LogP) is 5.35. The monoisotopic (exact) mass is 470 g/mol. The van der Waals surface area contributed by atoms with Gasteiger partial charge in [-0.05, 0) is 66.4 Å². The van der Waals surface area contributed by atoms with Crippen molar-refractivity contribution in [2.45, 2.75) is 31.3 Å². The Labute approximate surface area is 208 Å². The van der Waals surface area contributed by atoms with Gasteiger partial charge in [0.25, 0.3) is 0 Å². The van der Waals surface area contributed by atoms with Crippen LogP contribution in [0.25, 0.3) is 0 Å². The fourth-order valence-corrected chi connectivity index (χ4v) is 5.70. The van der Waals surface area contributed by atoms with Gasteiger partial charge in [0.05, 0.1) is 6.17 Å². The Morgan fingerprint density at radius 1 is 1.09 bits per heavy atom. The number of likely N-dealkylation sites (tertiary alicyclic amines) is 1. The number of nitrogens with zero attached hydrogens (tertiary/aromatic N) is 3. The number of hydrogen-bond donors (Lipinski definition) is 1. The maximum atomic E-state index is 12.6. The minimum absolute atomic E-state index is 0.00136. The molecule has 0 aromatic heterocycles. The molecule has 2 aliphatic heterocycles. The van der Waals surface area contributed by atoms with E-state index in [1.165, 1.54) is 16.8 Å². The lowest BCUT2D eigenvalue weighted by Crippen LogP contribution is -2.47. The SMILES string of the molecule is CN(C)c1ccc(NC(=O)Oc2ccc3c(c2)[C@]2(C)CCN(CCc4ccccc4)C2N3C)cc1. The second kappa shape index (κ2) is 9.27. The van der Waals surface area contributed by atoms with E-state index in [0.29, 0.717) is 17.6 Å². The highest BCUT2D eigenvalue weighted by atomic mass is 16.6. The highest BCUT2D eigenvalue weighted by Crippen LogP contribution is 2.52. The normalized spacial score (nSPS) is 20.9. The highest BCUT2D eigenvalue weighted by Gasteiger charge is 2.53. The number of hydrogen-bond acceptors (Lipinski definition) is 5. The maximum absolute atomic E-state index is 12.6. The molecule has 0 saturated carbocycles. The number of likely N-dealkylation sites (N-methyl/N-ethyl adjacent to an activating group) is 1. The van der Waals surface area contributed by atoms with Crippen LogP contribution in [0, 0.1) is 0 Å². The number of amides is 1. The van der Waals surface area contributed by atoms with Crippen molar-refractivity contribution in [3.05, 3.63) is 83.9 Å². The van der Waals surface area contributed by atoms with E-state index in [4.69, 9.17) is 4.74 Å². The first-order chi connectivity index (χ1) is 16.8. The molecule has 1 fully saturated rings. The van der Waals surface area contributed by atoms with E-state index in [-0.39, 0.29) is 5.41 Å². The van der Waals surface area contributed by atoms with Crippen LogP contribution in [0.15, 0.2) is 72.8 Å². The Kier molecular flexibility index (Phi) is 6.15. The first-order valence-corrected chi connectivity index (χ1v) is 12.3. The molecular weight excluding hydrogens is 436 g/mol. The van der Waals surface area contributed by atoms with Gasteiger partial charge >= 0.3 is 6.09 Å². The van der Waals surface area contributed by atoms with Gasteiger partial charge in [0.1, 0.15) is 5.75 Å². The molecule has 3 aromatic rings. The van der Waals surface area contributed by atoms with Gasteiger partial charge in [-0.3, -0.25) is 10.2 Å². The summed E-state index contributed by atoms with van der Waals surface area (Å²) in [5.74, 6) is 0.573. The molecule has 3 aromatic carbocycles. The van der Waals surface area contributed by atoms with Gasteiger partial charge in [-0.15, -0.1) is 0 Å². The van der Waals surface area contributed by atoms with Crippen LogP contribution in [0.3, 0.4) is 0 Å². The summed E-state index contributed by atoms with van der Waals surface area (Å²) in [6, 6.07) is 24.4. The number of benzene rings is 3. The van der Waals surface area contributed by atoms with Crippen LogP contribution in [-0.2, 0) is 11.8 Å². The van der Waals surface area contributed by atoms with Gasteiger partial charge in [-0.1, -0.05) is 37.3 Å². The van der Waals surface area contributed by atoms with Crippen LogP contribution in [-0.4, -0.2) is 51.4 Å². The molecule has 0 aliphatic carbocycles. The molecule has 1 amide bonds. The Morgan fingerprint density at radius 2 is 1.83 bits per heavy atom. The number of carbonyl (C=O) groups is 1. The van der Waals surface area contributed by atoms with Gasteiger partial charge in [-0.2, -0.15) is 0 Å². The molecule has 6 heteroatoms. The third-order valence-electron chi connectivity index (χ3n) is 7.54. The summed E-state index contributed by atoms with van der Waals surface area (Å²) in [5, 5.41) is 2.83. The Bertz CT molecular complexity index is 1200. The molecule has 5 rings (SSSR count). The van der Waals surface area contributed by atoms with Gasteiger partial charge in [0.2, 0.25) is 0 Å². The molecule has 2 heterocycles. The molecule has 1 N–H and O–H groups in total. The summed E-state index contributed by atoms with van der Waals surface area (Å²) in [7, 11) is 6.15. The topological polar surface area (TPSA) is 48.1 Å². The molecule has 2 aliphatic rings. The van der Waals surface area contributed by atoms with E-state index in [1.807, 2.05) is 49.3 Å². The minimum Gasteiger partial charge on any atom is -0.410 e. The van der Waals surface area contributed by atoms with Crippen LogP contribution in [0.5, 0.6) is 5.75 Å². The van der Waals surface area contributed by atoms with Crippen molar-refractivity contribution in [3.63, 3.8) is 0 Å². The molecule has 35 heavy (non-hydrogen) atoms. The van der Waals surface area contributed by atoms with Crippen LogP contribution in [0.1, 0.15) is 24.5 Å². The molecule has 1 unspecified atom stereocenters. The Morgan fingerprint density at radius 3 is 2.54 bits per heavy atom. The number of rotatable bonds is 6. The third kappa shape index (κ3) is 4.46. The smallest absolute Gasteiger partial charge is 0.410 e. The summed E-state index contributed by atoms with van der Waals surface area (Å²) >= 11 is 0. The molecule has 0 radical (unpaired) electrons. The second-order valence-corrected chi connectivity index (χ2v) is 10.1. The zero-order valence-electron chi connectivity index (χ0n) is 21.0. The number of ether oxygens (including phenoxy) is 1. The molecule has 182 valence electrons. The van der Waals surface area contributed by atoms with E-state index < -0.39 is 6.09 Å². The van der Waals surface area contributed by atoms with Crippen LogP contribution in [0.4, 0.5) is 21.9 Å². The lowest BCUT2D eigenvalue weighted by Gasteiger charge is -2.34. The standard InChI is InChI=1S/C29H34N4O2/c1-29-17-19-33(18-16-21-8-6-5-7-9-21)27(29)32(4)26-15-14-24(20-25(26)29)35-28(34)30-22-10-12-23(13-11-22)31(2)3/h5-15,20,27H,16-19H2,1-4H3,(H,30,34)/t27?,29-/m0/s1. The molecule has 0 bridgehead atoms. The van der Waals surface area contributed by atoms with E-state index >= 15 is 0 Å².